The lowest BCUT2D eigenvalue weighted by atomic mass is 10.0. The van der Waals surface area contributed by atoms with Gasteiger partial charge in [-0.25, -0.2) is 0 Å². The molecule has 2 unspecified atom stereocenters. The monoisotopic (exact) mass is 128 g/mol. The number of ether oxygens (including phenoxy) is 1. The van der Waals surface area contributed by atoms with Crippen molar-refractivity contribution in [3.8, 4) is 0 Å². The molecule has 1 rings (SSSR count). The van der Waals surface area contributed by atoms with Crippen molar-refractivity contribution in [3.63, 3.8) is 0 Å². The van der Waals surface area contributed by atoms with E-state index in [0.29, 0.717) is 24.0 Å². The largest absolute Gasteiger partial charge is 0.369 e. The smallest absolute Gasteiger partial charge is 0.0867 e. The highest BCUT2D eigenvalue weighted by atomic mass is 16.6. The van der Waals surface area contributed by atoms with E-state index in [1.165, 1.54) is 0 Å². The van der Waals surface area contributed by atoms with Crippen LogP contribution in [0, 0.1) is 11.8 Å². The summed E-state index contributed by atoms with van der Waals surface area (Å²) in [6.45, 7) is 8.86. The Bertz CT molecular complexity index is 84.7. The van der Waals surface area contributed by atoms with E-state index in [1.807, 2.05) is 0 Å². The molecule has 0 saturated carbocycles. The molecule has 0 aromatic rings. The molecule has 1 heteroatoms. The minimum atomic E-state index is 0.560. The van der Waals surface area contributed by atoms with Crippen LogP contribution >= 0.6 is 0 Å². The van der Waals surface area contributed by atoms with Crippen LogP contribution in [0.25, 0.3) is 0 Å². The van der Waals surface area contributed by atoms with E-state index in [9.17, 15) is 0 Å². The van der Waals surface area contributed by atoms with Crippen molar-refractivity contribution in [1.29, 1.82) is 0 Å². The molecule has 9 heavy (non-hydrogen) atoms. The Balaban J connectivity index is 2.24. The number of hydrogen-bond acceptors (Lipinski definition) is 1. The van der Waals surface area contributed by atoms with E-state index in [4.69, 9.17) is 4.74 Å². The molecular formula is C8H16O. The zero-order valence-electron chi connectivity index (χ0n) is 6.72. The zero-order chi connectivity index (χ0) is 7.02. The topological polar surface area (TPSA) is 12.5 Å². The highest BCUT2D eigenvalue weighted by Gasteiger charge is 2.42. The van der Waals surface area contributed by atoms with Gasteiger partial charge in [-0.1, -0.05) is 27.7 Å². The fourth-order valence-corrected chi connectivity index (χ4v) is 1.21. The second-order valence-electron chi connectivity index (χ2n) is 3.55. The van der Waals surface area contributed by atoms with Crippen LogP contribution in [0.5, 0.6) is 0 Å². The predicted molar refractivity (Wildman–Crippen MR) is 38.3 cm³/mol. The third-order valence-corrected chi connectivity index (χ3v) is 1.88. The van der Waals surface area contributed by atoms with Crippen molar-refractivity contribution in [1.82, 2.24) is 0 Å². The molecule has 1 fully saturated rings. The number of epoxide rings is 1. The van der Waals surface area contributed by atoms with Gasteiger partial charge in [-0.15, -0.1) is 0 Å². The number of hydrogen-bond donors (Lipinski definition) is 0. The summed E-state index contributed by atoms with van der Waals surface area (Å²) >= 11 is 0. The van der Waals surface area contributed by atoms with E-state index in [-0.39, 0.29) is 0 Å². The van der Waals surface area contributed by atoms with Crippen LogP contribution in [0.4, 0.5) is 0 Å². The molecule has 1 aliphatic heterocycles. The van der Waals surface area contributed by atoms with Crippen molar-refractivity contribution in [2.75, 3.05) is 0 Å². The van der Waals surface area contributed by atoms with Crippen LogP contribution in [0.15, 0.2) is 0 Å². The third kappa shape index (κ3) is 1.45. The van der Waals surface area contributed by atoms with Gasteiger partial charge in [-0.05, 0) is 11.8 Å². The summed E-state index contributed by atoms with van der Waals surface area (Å²) in [6, 6.07) is 0. The Morgan fingerprint density at radius 3 is 1.33 bits per heavy atom. The highest BCUT2D eigenvalue weighted by molar-refractivity contribution is 4.88. The lowest BCUT2D eigenvalue weighted by Crippen LogP contribution is -2.07. The van der Waals surface area contributed by atoms with Crippen molar-refractivity contribution >= 4 is 0 Å². The maximum atomic E-state index is 5.44. The maximum Gasteiger partial charge on any atom is 0.0867 e. The van der Waals surface area contributed by atoms with Crippen molar-refractivity contribution in [2.45, 2.75) is 39.9 Å². The minimum Gasteiger partial charge on any atom is -0.369 e. The fourth-order valence-electron chi connectivity index (χ4n) is 1.21. The van der Waals surface area contributed by atoms with E-state index in [1.54, 1.807) is 0 Å². The van der Waals surface area contributed by atoms with Gasteiger partial charge < -0.3 is 4.74 Å². The molecule has 0 aromatic carbocycles. The van der Waals surface area contributed by atoms with Crippen LogP contribution in [0.3, 0.4) is 0 Å². The summed E-state index contributed by atoms with van der Waals surface area (Å²) in [6.07, 6.45) is 1.12. The molecule has 0 spiro atoms. The highest BCUT2D eigenvalue weighted by Crippen LogP contribution is 2.34. The van der Waals surface area contributed by atoms with Crippen LogP contribution in [0.2, 0.25) is 0 Å². The Morgan fingerprint density at radius 1 is 0.889 bits per heavy atom. The van der Waals surface area contributed by atoms with E-state index >= 15 is 0 Å². The molecule has 2 atom stereocenters. The van der Waals surface area contributed by atoms with E-state index in [2.05, 4.69) is 27.7 Å². The third-order valence-electron chi connectivity index (χ3n) is 1.88. The van der Waals surface area contributed by atoms with Crippen LogP contribution in [0.1, 0.15) is 27.7 Å². The fraction of sp³-hybridized carbons (Fsp3) is 1.00. The molecule has 0 aromatic heterocycles. The second-order valence-corrected chi connectivity index (χ2v) is 3.55. The normalized spacial score (nSPS) is 34.0. The first-order chi connectivity index (χ1) is 4.13. The minimum absolute atomic E-state index is 0.560. The van der Waals surface area contributed by atoms with Gasteiger partial charge in [-0.2, -0.15) is 0 Å². The molecule has 54 valence electrons. The molecule has 0 N–H and O–H groups in total. The Hall–Kier alpha value is -0.0400. The molecule has 0 bridgehead atoms. The van der Waals surface area contributed by atoms with Gasteiger partial charge in [0.1, 0.15) is 0 Å². The lowest BCUT2D eigenvalue weighted by Gasteiger charge is -1.99. The first kappa shape index (κ1) is 7.07. The first-order valence-corrected chi connectivity index (χ1v) is 3.78. The summed E-state index contributed by atoms with van der Waals surface area (Å²) < 4.78 is 5.44. The SMILES string of the molecule is CC(C)C1OC1C(C)C. The van der Waals surface area contributed by atoms with Gasteiger partial charge in [0, 0.05) is 0 Å². The Morgan fingerprint density at radius 2 is 1.22 bits per heavy atom. The van der Waals surface area contributed by atoms with Crippen LogP contribution in [-0.2, 0) is 4.74 Å². The van der Waals surface area contributed by atoms with Crippen molar-refractivity contribution < 1.29 is 4.74 Å². The average molecular weight is 128 g/mol. The van der Waals surface area contributed by atoms with Gasteiger partial charge in [0.2, 0.25) is 0 Å². The Kier molecular flexibility index (Phi) is 1.80. The van der Waals surface area contributed by atoms with E-state index in [0.717, 1.165) is 0 Å². The van der Waals surface area contributed by atoms with Crippen molar-refractivity contribution in [2.24, 2.45) is 11.8 Å². The van der Waals surface area contributed by atoms with Gasteiger partial charge >= 0.3 is 0 Å². The molecule has 0 amide bonds. The first-order valence-electron chi connectivity index (χ1n) is 3.78. The maximum absolute atomic E-state index is 5.44. The van der Waals surface area contributed by atoms with Gasteiger partial charge in [-0.3, -0.25) is 0 Å². The van der Waals surface area contributed by atoms with Gasteiger partial charge in [0.05, 0.1) is 12.2 Å². The average Bonchev–Trinajstić information content (AvgIpc) is 2.39. The summed E-state index contributed by atoms with van der Waals surface area (Å²) in [5, 5.41) is 0. The van der Waals surface area contributed by atoms with Crippen LogP contribution < -0.4 is 0 Å². The molecule has 1 saturated heterocycles. The molecular weight excluding hydrogens is 112 g/mol. The standard InChI is InChI=1S/C8H16O/c1-5(2)7-8(9-7)6(3)4/h5-8H,1-4H3. The summed E-state index contributed by atoms with van der Waals surface area (Å²) in [5.74, 6) is 1.41. The molecule has 1 aliphatic rings. The molecule has 0 radical (unpaired) electrons. The molecule has 0 aliphatic carbocycles. The molecule has 1 nitrogen and oxygen atoms in total. The quantitative estimate of drug-likeness (QED) is 0.519. The van der Waals surface area contributed by atoms with Crippen molar-refractivity contribution in [3.05, 3.63) is 0 Å². The summed E-state index contributed by atoms with van der Waals surface area (Å²) in [4.78, 5) is 0. The second kappa shape index (κ2) is 2.30. The lowest BCUT2D eigenvalue weighted by molar-refractivity contribution is 0.313. The predicted octanol–water partition coefficient (Wildman–Crippen LogP) is 2.07. The van der Waals surface area contributed by atoms with Gasteiger partial charge in [0.15, 0.2) is 0 Å². The summed E-state index contributed by atoms with van der Waals surface area (Å²) in [7, 11) is 0. The summed E-state index contributed by atoms with van der Waals surface area (Å²) in [5.41, 5.74) is 0. The van der Waals surface area contributed by atoms with Crippen LogP contribution in [-0.4, -0.2) is 12.2 Å². The molecule has 1 heterocycles. The van der Waals surface area contributed by atoms with E-state index < -0.39 is 0 Å². The Labute approximate surface area is 57.4 Å². The number of rotatable bonds is 2. The zero-order valence-corrected chi connectivity index (χ0v) is 6.72. The van der Waals surface area contributed by atoms with Gasteiger partial charge in [0.25, 0.3) is 0 Å².